The third-order valence-electron chi connectivity index (χ3n) is 8.58. The van der Waals surface area contributed by atoms with E-state index >= 15 is 0 Å². The number of hydrogen-bond acceptors (Lipinski definition) is 4. The molecule has 0 aromatic heterocycles. The highest BCUT2D eigenvalue weighted by molar-refractivity contribution is 5.69. The molecule has 1 aliphatic heterocycles. The van der Waals surface area contributed by atoms with Crippen LogP contribution in [0, 0.1) is 11.3 Å². The SMILES string of the molecule is CCCC(C)(C)Cc1cc(COc2cccc(C(CC(=O)O)C3CC3)c2)ccc1-c1cccc(C2(C)OCCO2)c1. The molecule has 0 radical (unpaired) electrons. The number of ether oxygens (including phenoxy) is 3. The first-order valence-corrected chi connectivity index (χ1v) is 15.1. The molecule has 3 aromatic rings. The molecule has 1 unspecified atom stereocenters. The Balaban J connectivity index is 1.39. The lowest BCUT2D eigenvalue weighted by atomic mass is 9.79. The van der Waals surface area contributed by atoms with E-state index in [2.05, 4.69) is 63.2 Å². The lowest BCUT2D eigenvalue weighted by molar-refractivity contribution is -0.149. The van der Waals surface area contributed by atoms with E-state index < -0.39 is 11.8 Å². The van der Waals surface area contributed by atoms with Crippen LogP contribution < -0.4 is 4.74 Å². The molecule has 1 atom stereocenters. The fraction of sp³-hybridized carbons (Fsp3) is 0.472. The van der Waals surface area contributed by atoms with Gasteiger partial charge in [-0.15, -0.1) is 0 Å². The maximum Gasteiger partial charge on any atom is 0.303 e. The van der Waals surface area contributed by atoms with Crippen LogP contribution in [0.15, 0.2) is 66.7 Å². The van der Waals surface area contributed by atoms with E-state index in [1.165, 1.54) is 11.1 Å². The van der Waals surface area contributed by atoms with Gasteiger partial charge in [-0.3, -0.25) is 4.79 Å². The van der Waals surface area contributed by atoms with Gasteiger partial charge < -0.3 is 19.3 Å². The van der Waals surface area contributed by atoms with Crippen LogP contribution in [0.25, 0.3) is 11.1 Å². The first-order chi connectivity index (χ1) is 19.7. The number of benzene rings is 3. The first-order valence-electron chi connectivity index (χ1n) is 15.1. The van der Waals surface area contributed by atoms with E-state index in [1.807, 2.05) is 31.2 Å². The lowest BCUT2D eigenvalue weighted by Crippen LogP contribution is -2.22. The minimum atomic E-state index is -0.741. The van der Waals surface area contributed by atoms with Gasteiger partial charge in [-0.1, -0.05) is 75.7 Å². The van der Waals surface area contributed by atoms with Gasteiger partial charge in [0.2, 0.25) is 0 Å². The van der Waals surface area contributed by atoms with Gasteiger partial charge in [0.15, 0.2) is 5.79 Å². The lowest BCUT2D eigenvalue weighted by Gasteiger charge is -2.27. The third-order valence-corrected chi connectivity index (χ3v) is 8.58. The second-order valence-electron chi connectivity index (χ2n) is 12.7. The number of aliphatic carboxylic acids is 1. The van der Waals surface area contributed by atoms with E-state index in [-0.39, 0.29) is 17.8 Å². The average Bonchev–Trinajstić information content (AvgIpc) is 3.69. The Labute approximate surface area is 244 Å². The molecule has 0 spiro atoms. The second-order valence-corrected chi connectivity index (χ2v) is 12.7. The standard InChI is InChI=1S/C36H44O5/c1-5-16-35(2,3)23-29-19-25(12-15-32(29)27-8-6-10-30(20-27)36(4)40-17-18-41-36)24-39-31-11-7-9-28(21-31)33(22-34(37)38)26-13-14-26/h6-12,15,19-21,26,33H,5,13-14,16-18,22-24H2,1-4H3,(H,37,38). The molecule has 1 saturated carbocycles. The molecule has 1 aliphatic carbocycles. The molecule has 5 nitrogen and oxygen atoms in total. The largest absolute Gasteiger partial charge is 0.489 e. The Morgan fingerprint density at radius 3 is 2.51 bits per heavy atom. The second kappa shape index (κ2) is 12.4. The molecule has 41 heavy (non-hydrogen) atoms. The smallest absolute Gasteiger partial charge is 0.303 e. The number of carbonyl (C=O) groups is 1. The summed E-state index contributed by atoms with van der Waals surface area (Å²) in [6, 6.07) is 23.2. The summed E-state index contributed by atoms with van der Waals surface area (Å²) in [5.74, 6) is -0.137. The Morgan fingerprint density at radius 2 is 1.80 bits per heavy atom. The van der Waals surface area contributed by atoms with Crippen molar-refractivity contribution in [1.82, 2.24) is 0 Å². The summed E-state index contributed by atoms with van der Waals surface area (Å²) in [4.78, 5) is 11.5. The summed E-state index contributed by atoms with van der Waals surface area (Å²) in [6.07, 6.45) is 5.65. The zero-order chi connectivity index (χ0) is 29.0. The van der Waals surface area contributed by atoms with E-state index in [0.29, 0.717) is 25.7 Å². The van der Waals surface area contributed by atoms with Crippen molar-refractivity contribution in [2.75, 3.05) is 13.2 Å². The van der Waals surface area contributed by atoms with Crippen LogP contribution in [0.5, 0.6) is 5.75 Å². The quantitative estimate of drug-likeness (QED) is 0.229. The van der Waals surface area contributed by atoms with Crippen molar-refractivity contribution in [3.05, 3.63) is 89.0 Å². The number of hydrogen-bond donors (Lipinski definition) is 1. The predicted molar refractivity (Wildman–Crippen MR) is 162 cm³/mol. The Bertz CT molecular complexity index is 1350. The normalized spacial score (nSPS) is 17.4. The molecule has 218 valence electrons. The molecule has 5 rings (SSSR count). The Hall–Kier alpha value is -3.15. The molecule has 1 saturated heterocycles. The third kappa shape index (κ3) is 7.38. The van der Waals surface area contributed by atoms with Crippen molar-refractivity contribution in [3.63, 3.8) is 0 Å². The summed E-state index contributed by atoms with van der Waals surface area (Å²) >= 11 is 0. The average molecular weight is 557 g/mol. The fourth-order valence-electron chi connectivity index (χ4n) is 6.34. The van der Waals surface area contributed by atoms with E-state index in [0.717, 1.165) is 60.1 Å². The van der Waals surface area contributed by atoms with Gasteiger partial charge in [-0.2, -0.15) is 0 Å². The van der Waals surface area contributed by atoms with Crippen LogP contribution in [0.3, 0.4) is 0 Å². The van der Waals surface area contributed by atoms with Crippen molar-refractivity contribution in [2.45, 2.75) is 84.5 Å². The van der Waals surface area contributed by atoms with Gasteiger partial charge in [-0.05, 0) is 95.9 Å². The molecule has 5 heteroatoms. The van der Waals surface area contributed by atoms with Crippen LogP contribution in [0.2, 0.25) is 0 Å². The fourth-order valence-corrected chi connectivity index (χ4v) is 6.34. The highest BCUT2D eigenvalue weighted by atomic mass is 16.7. The minimum absolute atomic E-state index is 0.0563. The number of carboxylic acids is 1. The Morgan fingerprint density at radius 1 is 1.05 bits per heavy atom. The van der Waals surface area contributed by atoms with E-state index in [1.54, 1.807) is 0 Å². The maximum atomic E-state index is 11.5. The van der Waals surface area contributed by atoms with Gasteiger partial charge in [0.25, 0.3) is 0 Å². The van der Waals surface area contributed by atoms with Gasteiger partial charge in [0.05, 0.1) is 19.6 Å². The molecular weight excluding hydrogens is 512 g/mol. The Kier molecular flexibility index (Phi) is 8.86. The van der Waals surface area contributed by atoms with Gasteiger partial charge in [0.1, 0.15) is 12.4 Å². The summed E-state index contributed by atoms with van der Waals surface area (Å²) in [7, 11) is 0. The van der Waals surface area contributed by atoms with E-state index in [4.69, 9.17) is 14.2 Å². The van der Waals surface area contributed by atoms with Crippen LogP contribution in [0.4, 0.5) is 0 Å². The molecule has 2 aliphatic rings. The minimum Gasteiger partial charge on any atom is -0.489 e. The van der Waals surface area contributed by atoms with Gasteiger partial charge in [-0.25, -0.2) is 0 Å². The molecular formula is C36H44O5. The molecule has 1 N–H and O–H groups in total. The zero-order valence-corrected chi connectivity index (χ0v) is 24.9. The summed E-state index contributed by atoms with van der Waals surface area (Å²) in [6.45, 7) is 10.6. The van der Waals surface area contributed by atoms with Crippen molar-refractivity contribution >= 4 is 5.97 Å². The van der Waals surface area contributed by atoms with Crippen LogP contribution >= 0.6 is 0 Å². The van der Waals surface area contributed by atoms with Crippen molar-refractivity contribution in [2.24, 2.45) is 11.3 Å². The molecule has 3 aromatic carbocycles. The molecule has 1 heterocycles. The highest BCUT2D eigenvalue weighted by Gasteiger charge is 2.34. The van der Waals surface area contributed by atoms with Crippen molar-refractivity contribution in [3.8, 4) is 16.9 Å². The number of carboxylic acid groups (broad SMARTS) is 1. The molecule has 0 amide bonds. The first kappa shape index (κ1) is 29.3. The molecule has 2 fully saturated rings. The molecule has 0 bridgehead atoms. The zero-order valence-electron chi connectivity index (χ0n) is 24.9. The van der Waals surface area contributed by atoms with Crippen molar-refractivity contribution < 1.29 is 24.1 Å². The van der Waals surface area contributed by atoms with Crippen LogP contribution in [-0.4, -0.2) is 24.3 Å². The van der Waals surface area contributed by atoms with Gasteiger partial charge >= 0.3 is 5.97 Å². The monoisotopic (exact) mass is 556 g/mol. The van der Waals surface area contributed by atoms with Gasteiger partial charge in [0, 0.05) is 5.56 Å². The summed E-state index contributed by atoms with van der Waals surface area (Å²) < 4.78 is 18.2. The van der Waals surface area contributed by atoms with Crippen LogP contribution in [-0.2, 0) is 33.1 Å². The maximum absolute atomic E-state index is 11.5. The summed E-state index contributed by atoms with van der Waals surface area (Å²) in [5, 5.41) is 9.43. The highest BCUT2D eigenvalue weighted by Crippen LogP contribution is 2.45. The van der Waals surface area contributed by atoms with E-state index in [9.17, 15) is 9.90 Å². The van der Waals surface area contributed by atoms with Crippen LogP contribution in [0.1, 0.15) is 88.0 Å². The topological polar surface area (TPSA) is 65.0 Å². The van der Waals surface area contributed by atoms with Crippen molar-refractivity contribution in [1.29, 1.82) is 0 Å². The summed E-state index contributed by atoms with van der Waals surface area (Å²) in [5.41, 5.74) is 7.08. The predicted octanol–water partition coefficient (Wildman–Crippen LogP) is 8.49. The number of rotatable bonds is 13.